The second-order valence-corrected chi connectivity index (χ2v) is 11.1. The van der Waals surface area contributed by atoms with Gasteiger partial charge in [-0.3, -0.25) is 0 Å². The van der Waals surface area contributed by atoms with E-state index in [1.165, 1.54) is 13.0 Å². The van der Waals surface area contributed by atoms with Crippen LogP contribution in [0.3, 0.4) is 0 Å². The zero-order valence-electron chi connectivity index (χ0n) is 12.2. The van der Waals surface area contributed by atoms with Gasteiger partial charge in [-0.15, -0.1) is 0 Å². The molecule has 0 spiro atoms. The number of ether oxygens (including phenoxy) is 1. The summed E-state index contributed by atoms with van der Waals surface area (Å²) >= 11 is 0. The van der Waals surface area contributed by atoms with E-state index in [-0.39, 0.29) is 0 Å². The van der Waals surface area contributed by atoms with Crippen molar-refractivity contribution in [3.63, 3.8) is 0 Å². The fourth-order valence-corrected chi connectivity index (χ4v) is 9.05. The molecule has 0 atom stereocenters. The Hall–Kier alpha value is -0.672. The van der Waals surface area contributed by atoms with Crippen molar-refractivity contribution < 1.29 is 58.8 Å². The maximum absolute atomic E-state index is 12.4. The van der Waals surface area contributed by atoms with Crippen molar-refractivity contribution in [3.05, 3.63) is 12.2 Å². The topological polar surface area (TPSA) is 54.0 Å². The molecule has 5 nitrogen and oxygen atoms in total. The number of esters is 1. The molecule has 25 heavy (non-hydrogen) atoms. The standard InChI is InChI=1S/C7H11F9O5Si4/c1-2-4-7(17)18-5-3-6-22(19-23(8,9)10,20-24(11,12)13)21-25(14,15)16/h2,4H,3,5-6H2,1H3. The average molecular weight is 458 g/mol. The summed E-state index contributed by atoms with van der Waals surface area (Å²) in [5.41, 5.74) is 0. The third-order valence-electron chi connectivity index (χ3n) is 1.99. The van der Waals surface area contributed by atoms with Crippen molar-refractivity contribution >= 4 is 42.7 Å². The van der Waals surface area contributed by atoms with Crippen LogP contribution in [0.2, 0.25) is 6.04 Å². The van der Waals surface area contributed by atoms with Gasteiger partial charge in [0, 0.05) is 12.1 Å². The fourth-order valence-electron chi connectivity index (χ4n) is 1.39. The maximum atomic E-state index is 12.4. The van der Waals surface area contributed by atoms with E-state index in [9.17, 15) is 41.8 Å². The highest BCUT2D eigenvalue weighted by Crippen LogP contribution is 2.33. The van der Waals surface area contributed by atoms with Gasteiger partial charge in [-0.1, -0.05) is 6.08 Å². The molecule has 0 saturated heterocycles. The smallest absolute Gasteiger partial charge is 0.463 e. The van der Waals surface area contributed by atoms with Crippen molar-refractivity contribution in [2.45, 2.75) is 19.4 Å². The number of hydrogen-bond donors (Lipinski definition) is 0. The van der Waals surface area contributed by atoms with Gasteiger partial charge in [-0.05, 0) is 13.3 Å². The zero-order chi connectivity index (χ0) is 19.9. The van der Waals surface area contributed by atoms with Crippen LogP contribution in [0.25, 0.3) is 0 Å². The molecule has 18 heteroatoms. The van der Waals surface area contributed by atoms with E-state index < -0.39 is 61.8 Å². The number of carbonyl (C=O) groups excluding carboxylic acids is 1. The summed E-state index contributed by atoms with van der Waals surface area (Å²) in [6.07, 6.45) is 1.31. The predicted molar refractivity (Wildman–Crippen MR) is 71.4 cm³/mol. The lowest BCUT2D eigenvalue weighted by Crippen LogP contribution is -2.58. The summed E-state index contributed by atoms with van der Waals surface area (Å²) in [5.74, 6) is -0.974. The van der Waals surface area contributed by atoms with Crippen molar-refractivity contribution in [3.8, 4) is 0 Å². The molecule has 0 saturated carbocycles. The van der Waals surface area contributed by atoms with Gasteiger partial charge in [-0.25, -0.2) is 41.8 Å². The Morgan fingerprint density at radius 1 is 0.840 bits per heavy atom. The third kappa shape index (κ3) is 13.2. The lowest BCUT2D eigenvalue weighted by Gasteiger charge is -2.30. The van der Waals surface area contributed by atoms with Gasteiger partial charge in [-0.2, -0.15) is 0 Å². The maximum Gasteiger partial charge on any atom is 0.795 e. The van der Waals surface area contributed by atoms with Crippen LogP contribution in [0.1, 0.15) is 13.3 Å². The summed E-state index contributed by atoms with van der Waals surface area (Å²) in [6, 6.07) is -1.47. The normalized spacial score (nSPS) is 14.2. The number of allylic oxidation sites excluding steroid dienone is 1. The first-order chi connectivity index (χ1) is 11.1. The van der Waals surface area contributed by atoms with Crippen LogP contribution in [0.5, 0.6) is 0 Å². The largest absolute Gasteiger partial charge is 0.795 e. The Labute approximate surface area is 140 Å². The molecule has 0 aliphatic heterocycles. The highest BCUT2D eigenvalue weighted by molar-refractivity contribution is 6.81. The fraction of sp³-hybridized carbons (Fsp3) is 0.571. The molecule has 0 amide bonds. The summed E-state index contributed by atoms with van der Waals surface area (Å²) in [5, 5.41) is 0. The molecule has 0 rings (SSSR count). The van der Waals surface area contributed by atoms with E-state index in [1.807, 2.05) is 0 Å². The van der Waals surface area contributed by atoms with Crippen LogP contribution in [0.4, 0.5) is 37.0 Å². The third-order valence-corrected chi connectivity index (χ3v) is 9.46. The molecule has 148 valence electrons. The molecular weight excluding hydrogens is 447 g/mol. The second-order valence-electron chi connectivity index (χ2n) is 4.10. The Bertz CT molecular complexity index is 422. The van der Waals surface area contributed by atoms with Gasteiger partial charge in [0.25, 0.3) is 0 Å². The van der Waals surface area contributed by atoms with Crippen molar-refractivity contribution in [1.29, 1.82) is 0 Å². The highest BCUT2D eigenvalue weighted by atomic mass is 28.6. The van der Waals surface area contributed by atoms with Gasteiger partial charge in [0.2, 0.25) is 0 Å². The molecule has 0 heterocycles. The van der Waals surface area contributed by atoms with E-state index >= 15 is 0 Å². The van der Waals surface area contributed by atoms with E-state index in [1.54, 1.807) is 0 Å². The lowest BCUT2D eigenvalue weighted by atomic mass is 10.5. The van der Waals surface area contributed by atoms with Crippen molar-refractivity contribution in [1.82, 2.24) is 0 Å². The molecule has 0 bridgehead atoms. The first-order valence-corrected chi connectivity index (χ1v) is 12.7. The molecule has 0 fully saturated rings. The summed E-state index contributed by atoms with van der Waals surface area (Å²) in [7, 11) is -28.2. The minimum atomic E-state index is -7.35. The average Bonchev–Trinajstić information content (AvgIpc) is 2.28. The summed E-state index contributed by atoms with van der Waals surface area (Å²) in [6.45, 7) is 0.677. The molecule has 0 N–H and O–H groups in total. The molecule has 0 aliphatic rings. The summed E-state index contributed by atoms with van der Waals surface area (Å²) < 4.78 is 126. The van der Waals surface area contributed by atoms with Crippen LogP contribution >= 0.6 is 0 Å². The zero-order valence-corrected chi connectivity index (χ0v) is 16.2. The van der Waals surface area contributed by atoms with Crippen LogP contribution in [-0.4, -0.2) is 49.3 Å². The van der Waals surface area contributed by atoms with E-state index in [0.717, 1.165) is 6.08 Å². The van der Waals surface area contributed by atoms with Crippen LogP contribution in [-0.2, 0) is 21.9 Å². The molecule has 0 aromatic heterocycles. The van der Waals surface area contributed by atoms with Crippen molar-refractivity contribution in [2.24, 2.45) is 0 Å². The predicted octanol–water partition coefficient (Wildman–Crippen LogP) is 3.52. The van der Waals surface area contributed by atoms with Crippen LogP contribution < -0.4 is 0 Å². The minimum absolute atomic E-state index is 0.744. The first kappa shape index (κ1) is 24.3. The summed E-state index contributed by atoms with van der Waals surface area (Å²) in [4.78, 5) is 10.9. The quantitative estimate of drug-likeness (QED) is 0.118. The molecular formula is C7H11F9O5Si4. The van der Waals surface area contributed by atoms with Gasteiger partial charge in [0.1, 0.15) is 0 Å². The molecule has 0 aromatic carbocycles. The Balaban J connectivity index is 5.26. The van der Waals surface area contributed by atoms with E-state index in [2.05, 4.69) is 17.1 Å². The van der Waals surface area contributed by atoms with Gasteiger partial charge >= 0.3 is 42.7 Å². The van der Waals surface area contributed by atoms with E-state index in [4.69, 9.17) is 0 Å². The van der Waals surface area contributed by atoms with Crippen LogP contribution in [0, 0.1) is 0 Å². The molecule has 0 aliphatic carbocycles. The number of halogens is 9. The lowest BCUT2D eigenvalue weighted by molar-refractivity contribution is -0.137. The number of hydrogen-bond acceptors (Lipinski definition) is 5. The number of carbonyl (C=O) groups is 1. The van der Waals surface area contributed by atoms with Gasteiger partial charge < -0.3 is 17.1 Å². The Kier molecular flexibility index (Phi) is 9.07. The Morgan fingerprint density at radius 3 is 1.56 bits per heavy atom. The SMILES string of the molecule is CC=CC(=O)OCCC[Si](O[Si](F)(F)F)(O[Si](F)(F)F)O[Si](F)(F)F. The van der Waals surface area contributed by atoms with Crippen LogP contribution in [0.15, 0.2) is 12.2 Å². The second kappa shape index (κ2) is 9.32. The number of rotatable bonds is 11. The van der Waals surface area contributed by atoms with Gasteiger partial charge in [0.05, 0.1) is 6.61 Å². The van der Waals surface area contributed by atoms with Gasteiger partial charge in [0.15, 0.2) is 0 Å². The van der Waals surface area contributed by atoms with Crippen molar-refractivity contribution in [2.75, 3.05) is 6.61 Å². The first-order valence-electron chi connectivity index (χ1n) is 6.18. The molecule has 0 radical (unpaired) electrons. The Morgan fingerprint density at radius 2 is 1.24 bits per heavy atom. The highest BCUT2D eigenvalue weighted by Gasteiger charge is 2.66. The minimum Gasteiger partial charge on any atom is -0.463 e. The molecule has 0 aromatic rings. The monoisotopic (exact) mass is 458 g/mol. The molecule has 0 unspecified atom stereocenters. The van der Waals surface area contributed by atoms with E-state index in [0.29, 0.717) is 0 Å².